The van der Waals surface area contributed by atoms with Gasteiger partial charge < -0.3 is 0 Å². The van der Waals surface area contributed by atoms with Crippen molar-refractivity contribution in [3.8, 4) is 40.1 Å². The molecule has 10 rings (SSSR count). The molecule has 7 heteroatoms. The maximum atomic E-state index is 9.07. The van der Waals surface area contributed by atoms with Gasteiger partial charge in [-0.1, -0.05) is 133 Å². The molecule has 0 radical (unpaired) electrons. The summed E-state index contributed by atoms with van der Waals surface area (Å²) in [6.45, 7) is 0. The van der Waals surface area contributed by atoms with Crippen LogP contribution in [0.5, 0.6) is 0 Å². The zero-order valence-corrected chi connectivity index (χ0v) is 27.2. The van der Waals surface area contributed by atoms with Crippen LogP contribution in [0, 0.1) is 0 Å². The number of pyridine rings is 2. The Bertz CT molecular complexity index is 3060. The van der Waals surface area contributed by atoms with Crippen LogP contribution in [0.15, 0.2) is 170 Å². The van der Waals surface area contributed by atoms with Crippen molar-refractivity contribution in [2.45, 2.75) is 0 Å². The quantitative estimate of drug-likeness (QED) is 0.198. The van der Waals surface area contributed by atoms with Crippen molar-refractivity contribution in [3.05, 3.63) is 170 Å². The monoisotopic (exact) mass is 664 g/mol. The van der Waals surface area contributed by atoms with E-state index in [4.69, 9.17) is 35.9 Å². The third kappa shape index (κ3) is 4.17. The van der Waals surface area contributed by atoms with E-state index in [1.807, 2.05) is 72.8 Å². The van der Waals surface area contributed by atoms with E-state index in [9.17, 15) is 0 Å². The van der Waals surface area contributed by atoms with Crippen molar-refractivity contribution in [3.63, 3.8) is 0 Å². The van der Waals surface area contributed by atoms with E-state index in [1.165, 1.54) is 4.57 Å². The fraction of sp³-hybridized carbons (Fsp3) is 0. The van der Waals surface area contributed by atoms with Crippen LogP contribution in [0.25, 0.3) is 61.9 Å². The second-order valence-electron chi connectivity index (χ2n) is 11.9. The molecule has 5 aromatic carbocycles. The fourth-order valence-electron chi connectivity index (χ4n) is 7.24. The Labute approximate surface area is 300 Å². The second kappa shape index (κ2) is 11.3. The number of nitrogens with zero attached hydrogens (tertiary/aromatic N) is 6. The van der Waals surface area contributed by atoms with Gasteiger partial charge in [0.15, 0.2) is 19.7 Å². The lowest BCUT2D eigenvalue weighted by Gasteiger charge is -2.30. The van der Waals surface area contributed by atoms with Gasteiger partial charge in [0.05, 0.1) is 33.4 Å². The molecule has 234 valence electrons. The van der Waals surface area contributed by atoms with Gasteiger partial charge in [-0.15, -0.1) is 0 Å². The van der Waals surface area contributed by atoms with Crippen molar-refractivity contribution < 1.29 is 11.0 Å². The average molecular weight is 665 g/mol. The molecule has 0 atom stereocenters. The van der Waals surface area contributed by atoms with Gasteiger partial charge in [-0.3, -0.25) is 14.5 Å². The largest absolute Gasteiger partial charge is 0.278 e. The minimum Gasteiger partial charge on any atom is -0.278 e. The summed E-state index contributed by atoms with van der Waals surface area (Å²) < 4.78 is 71.5. The first kappa shape index (κ1) is 21.4. The molecular formula is C43H28N6Si. The van der Waals surface area contributed by atoms with E-state index in [0.29, 0.717) is 11.1 Å². The van der Waals surface area contributed by atoms with Crippen molar-refractivity contribution >= 4 is 50.6 Å². The predicted molar refractivity (Wildman–Crippen MR) is 203 cm³/mol. The highest BCUT2D eigenvalue weighted by Gasteiger charge is 2.50. The molecule has 0 aliphatic carbocycles. The predicted octanol–water partition coefficient (Wildman–Crippen LogP) is 6.45. The molecule has 9 aromatic rings. The third-order valence-corrected chi connectivity index (χ3v) is 14.1. The lowest BCUT2D eigenvalue weighted by Crippen LogP contribution is -2.72. The number of aromatic nitrogens is 6. The first-order chi connectivity index (χ1) is 28.1. The zero-order valence-electron chi connectivity index (χ0n) is 34.2. The van der Waals surface area contributed by atoms with Gasteiger partial charge in [0.25, 0.3) is 0 Å². The van der Waals surface area contributed by atoms with Crippen LogP contribution in [0.4, 0.5) is 0 Å². The number of para-hydroxylation sites is 2. The SMILES string of the molecule is [2H]c1c([2H])c([2H])c2c(c1[2H])c1c([2H])c([2H])c([2H])c([2H])c1n2-c1nc(-c2ccccc2)nc(-c2cccc([Si]3(c4ccccc4)c4cccnc4-c4ncccc43)c2)n1. The van der Waals surface area contributed by atoms with Gasteiger partial charge in [-0.25, -0.2) is 4.98 Å². The highest BCUT2D eigenvalue weighted by molar-refractivity contribution is 7.22. The Balaban J connectivity index is 1.30. The van der Waals surface area contributed by atoms with Gasteiger partial charge in [0, 0.05) is 34.3 Å². The second-order valence-corrected chi connectivity index (χ2v) is 15.7. The van der Waals surface area contributed by atoms with Crippen LogP contribution >= 0.6 is 0 Å². The van der Waals surface area contributed by atoms with Gasteiger partial charge in [-0.05, 0) is 45.0 Å². The molecule has 0 unspecified atom stereocenters. The van der Waals surface area contributed by atoms with Gasteiger partial charge in [0.2, 0.25) is 5.95 Å². The third-order valence-electron chi connectivity index (χ3n) is 9.30. The number of hydrogen-bond acceptors (Lipinski definition) is 5. The topological polar surface area (TPSA) is 69.4 Å². The summed E-state index contributed by atoms with van der Waals surface area (Å²) in [6, 6.07) is 32.0. The van der Waals surface area contributed by atoms with E-state index in [-0.39, 0.29) is 39.4 Å². The Hall–Kier alpha value is -6.57. The average Bonchev–Trinajstić information content (AvgIpc) is 3.79. The minimum absolute atomic E-state index is 0.0604. The van der Waals surface area contributed by atoms with E-state index in [0.717, 1.165) is 32.1 Å². The van der Waals surface area contributed by atoms with Gasteiger partial charge >= 0.3 is 0 Å². The molecule has 0 bridgehead atoms. The highest BCUT2D eigenvalue weighted by atomic mass is 28.3. The summed E-state index contributed by atoms with van der Waals surface area (Å²) in [4.78, 5) is 24.5. The first-order valence-corrected chi connectivity index (χ1v) is 18.0. The van der Waals surface area contributed by atoms with Gasteiger partial charge in [-0.2, -0.15) is 9.97 Å². The fourth-order valence-corrected chi connectivity index (χ4v) is 12.3. The summed E-state index contributed by atoms with van der Waals surface area (Å²) in [6.07, 6.45) is 3.58. The van der Waals surface area contributed by atoms with Crippen molar-refractivity contribution in [1.29, 1.82) is 0 Å². The van der Waals surface area contributed by atoms with Crippen molar-refractivity contribution in [2.75, 3.05) is 0 Å². The maximum absolute atomic E-state index is 9.07. The Kier molecular flexibility index (Phi) is 4.82. The van der Waals surface area contributed by atoms with Crippen LogP contribution in [-0.4, -0.2) is 37.6 Å². The van der Waals surface area contributed by atoms with Crippen molar-refractivity contribution in [1.82, 2.24) is 29.5 Å². The molecule has 1 aliphatic rings. The molecular weight excluding hydrogens is 629 g/mol. The smallest absolute Gasteiger partial charge is 0.238 e. The first-order valence-electron chi connectivity index (χ1n) is 20.0. The Morgan fingerprint density at radius 3 is 1.68 bits per heavy atom. The molecule has 50 heavy (non-hydrogen) atoms. The molecule has 1 aliphatic heterocycles. The highest BCUT2D eigenvalue weighted by Crippen LogP contribution is 2.32. The van der Waals surface area contributed by atoms with Crippen LogP contribution in [0.1, 0.15) is 11.0 Å². The summed E-state index contributed by atoms with van der Waals surface area (Å²) >= 11 is 0. The van der Waals surface area contributed by atoms with Gasteiger partial charge in [0.1, 0.15) is 0 Å². The zero-order chi connectivity index (χ0) is 40.0. The van der Waals surface area contributed by atoms with Crippen LogP contribution in [0.3, 0.4) is 0 Å². The van der Waals surface area contributed by atoms with Crippen LogP contribution in [-0.2, 0) is 0 Å². The van der Waals surface area contributed by atoms with E-state index in [1.54, 1.807) is 12.4 Å². The van der Waals surface area contributed by atoms with E-state index < -0.39 is 56.4 Å². The van der Waals surface area contributed by atoms with E-state index in [2.05, 4.69) is 36.4 Å². The van der Waals surface area contributed by atoms with E-state index >= 15 is 0 Å². The summed E-state index contributed by atoms with van der Waals surface area (Å²) in [5.74, 6) is 0.419. The molecule has 0 saturated carbocycles. The number of benzene rings is 5. The van der Waals surface area contributed by atoms with Crippen LogP contribution in [0.2, 0.25) is 0 Å². The molecule has 0 saturated heterocycles. The minimum atomic E-state index is -3.03. The summed E-state index contributed by atoms with van der Waals surface area (Å²) in [5, 5.41) is 4.25. The standard InChI is InChI=1S/C43H28N6Si/c1-3-14-29(15-4-1)41-46-42(48-43(47-41)49-35-22-9-7-20-33(35)34-21-8-10-23-36(34)49)30-16-11-19-32(28-30)50(31-17-5-2-6-18-31)37-24-12-26-44-39(37)40-38(50)25-13-27-45-40/h1-28H/i7D,8D,9D,10D,20D,21D,22D,23D. The molecule has 6 nitrogen and oxygen atoms in total. The molecule has 5 heterocycles. The maximum Gasteiger partial charge on any atom is 0.238 e. The molecule has 4 aromatic heterocycles. The Morgan fingerprint density at radius 1 is 0.500 bits per heavy atom. The number of hydrogen-bond donors (Lipinski definition) is 0. The number of rotatable bonds is 5. The summed E-state index contributed by atoms with van der Waals surface area (Å²) in [5.41, 5.74) is 2.80. The van der Waals surface area contributed by atoms with Crippen LogP contribution < -0.4 is 20.7 Å². The van der Waals surface area contributed by atoms with Crippen molar-refractivity contribution in [2.24, 2.45) is 0 Å². The number of fused-ring (bicyclic) bond motifs is 6. The molecule has 0 spiro atoms. The lowest BCUT2D eigenvalue weighted by atomic mass is 10.2. The molecule has 0 N–H and O–H groups in total. The normalized spacial score (nSPS) is 15.2. The Morgan fingerprint density at radius 2 is 1.04 bits per heavy atom. The lowest BCUT2D eigenvalue weighted by molar-refractivity contribution is 0.953. The molecule has 0 fully saturated rings. The summed E-state index contributed by atoms with van der Waals surface area (Å²) in [7, 11) is -3.03. The molecule has 0 amide bonds.